The number of hydrogen-bond donors (Lipinski definition) is 0. The third kappa shape index (κ3) is 1.10. The SMILES string of the molecule is C=C1Cc2ccccc2CC1=C. The Morgan fingerprint density at radius 2 is 1.25 bits per heavy atom. The van der Waals surface area contributed by atoms with Crippen molar-refractivity contribution in [2.45, 2.75) is 12.8 Å². The highest BCUT2D eigenvalue weighted by atomic mass is 14.2. The van der Waals surface area contributed by atoms with E-state index in [0.29, 0.717) is 0 Å². The summed E-state index contributed by atoms with van der Waals surface area (Å²) in [4.78, 5) is 0. The van der Waals surface area contributed by atoms with Crippen LogP contribution in [0.25, 0.3) is 0 Å². The van der Waals surface area contributed by atoms with Gasteiger partial charge < -0.3 is 0 Å². The van der Waals surface area contributed by atoms with Crippen molar-refractivity contribution in [2.75, 3.05) is 0 Å². The van der Waals surface area contributed by atoms with Gasteiger partial charge in [0.05, 0.1) is 0 Å². The molecule has 0 spiro atoms. The van der Waals surface area contributed by atoms with Gasteiger partial charge in [-0.2, -0.15) is 0 Å². The zero-order valence-corrected chi connectivity index (χ0v) is 7.14. The lowest BCUT2D eigenvalue weighted by Gasteiger charge is -2.19. The largest absolute Gasteiger partial charge is 0.0952 e. The molecule has 0 atom stereocenters. The van der Waals surface area contributed by atoms with Gasteiger partial charge in [-0.15, -0.1) is 0 Å². The minimum absolute atomic E-state index is 0.981. The Balaban J connectivity index is 2.47. The molecule has 0 radical (unpaired) electrons. The smallest absolute Gasteiger partial charge is 0.00262 e. The highest BCUT2D eigenvalue weighted by Crippen LogP contribution is 2.26. The summed E-state index contributed by atoms with van der Waals surface area (Å²) in [5.74, 6) is 0. The fourth-order valence-electron chi connectivity index (χ4n) is 1.61. The first-order valence-electron chi connectivity index (χ1n) is 4.20. The van der Waals surface area contributed by atoms with Gasteiger partial charge >= 0.3 is 0 Å². The Labute approximate surface area is 73.2 Å². The molecule has 0 saturated carbocycles. The molecule has 12 heavy (non-hydrogen) atoms. The molecule has 0 aliphatic heterocycles. The Hall–Kier alpha value is -1.30. The van der Waals surface area contributed by atoms with Gasteiger partial charge in [-0.3, -0.25) is 0 Å². The van der Waals surface area contributed by atoms with Crippen LogP contribution in [-0.2, 0) is 12.8 Å². The van der Waals surface area contributed by atoms with Crippen molar-refractivity contribution in [1.29, 1.82) is 0 Å². The predicted molar refractivity (Wildman–Crippen MR) is 52.1 cm³/mol. The molecule has 0 unspecified atom stereocenters. The standard InChI is InChI=1S/C12H12/c1-9-7-11-5-3-4-6-12(11)8-10(9)2/h3-6H,1-2,7-8H2. The molecule has 0 N–H and O–H groups in total. The van der Waals surface area contributed by atoms with Crippen LogP contribution in [0, 0.1) is 0 Å². The van der Waals surface area contributed by atoms with Crippen molar-refractivity contribution in [3.8, 4) is 0 Å². The van der Waals surface area contributed by atoms with Crippen molar-refractivity contribution in [3.63, 3.8) is 0 Å². The van der Waals surface area contributed by atoms with E-state index in [9.17, 15) is 0 Å². The van der Waals surface area contributed by atoms with Crippen molar-refractivity contribution >= 4 is 0 Å². The van der Waals surface area contributed by atoms with Crippen LogP contribution in [0.4, 0.5) is 0 Å². The van der Waals surface area contributed by atoms with Crippen molar-refractivity contribution in [2.24, 2.45) is 0 Å². The van der Waals surface area contributed by atoms with Gasteiger partial charge in [0.25, 0.3) is 0 Å². The number of fused-ring (bicyclic) bond motifs is 1. The average Bonchev–Trinajstić information content (AvgIpc) is 2.07. The minimum Gasteiger partial charge on any atom is -0.0952 e. The summed E-state index contributed by atoms with van der Waals surface area (Å²) in [6.07, 6.45) is 1.96. The van der Waals surface area contributed by atoms with Crippen LogP contribution < -0.4 is 0 Å². The zero-order valence-electron chi connectivity index (χ0n) is 7.14. The summed E-state index contributed by atoms with van der Waals surface area (Å²) >= 11 is 0. The first kappa shape index (κ1) is 7.35. The van der Waals surface area contributed by atoms with Crippen molar-refractivity contribution in [1.82, 2.24) is 0 Å². The van der Waals surface area contributed by atoms with Crippen LogP contribution in [0.3, 0.4) is 0 Å². The molecule has 0 saturated heterocycles. The highest BCUT2D eigenvalue weighted by molar-refractivity contribution is 5.45. The first-order valence-corrected chi connectivity index (χ1v) is 4.20. The molecule has 60 valence electrons. The molecule has 1 aliphatic rings. The lowest BCUT2D eigenvalue weighted by molar-refractivity contribution is 0.994. The van der Waals surface area contributed by atoms with Crippen LogP contribution in [0.2, 0.25) is 0 Å². The van der Waals surface area contributed by atoms with Gasteiger partial charge in [0, 0.05) is 0 Å². The molecule has 0 bridgehead atoms. The topological polar surface area (TPSA) is 0 Å². The van der Waals surface area contributed by atoms with Crippen molar-refractivity contribution < 1.29 is 0 Å². The summed E-state index contributed by atoms with van der Waals surface area (Å²) in [5.41, 5.74) is 5.20. The van der Waals surface area contributed by atoms with Crippen LogP contribution in [-0.4, -0.2) is 0 Å². The lowest BCUT2D eigenvalue weighted by atomic mass is 9.86. The Morgan fingerprint density at radius 3 is 1.67 bits per heavy atom. The van der Waals surface area contributed by atoms with E-state index in [2.05, 4.69) is 37.4 Å². The van der Waals surface area contributed by atoms with E-state index in [-0.39, 0.29) is 0 Å². The molecule has 0 amide bonds. The van der Waals surface area contributed by atoms with Gasteiger partial charge in [-0.25, -0.2) is 0 Å². The van der Waals surface area contributed by atoms with Crippen molar-refractivity contribution in [3.05, 3.63) is 59.7 Å². The molecular weight excluding hydrogens is 144 g/mol. The molecule has 0 heteroatoms. The van der Waals surface area contributed by atoms with Gasteiger partial charge in [-0.05, 0) is 35.1 Å². The fourth-order valence-corrected chi connectivity index (χ4v) is 1.61. The maximum absolute atomic E-state index is 3.99. The second-order valence-corrected chi connectivity index (χ2v) is 3.33. The maximum atomic E-state index is 3.99. The van der Waals surface area contributed by atoms with E-state index in [0.717, 1.165) is 12.8 Å². The predicted octanol–water partition coefficient (Wildman–Crippen LogP) is 2.90. The maximum Gasteiger partial charge on any atom is -0.00262 e. The van der Waals surface area contributed by atoms with E-state index in [1.54, 1.807) is 0 Å². The summed E-state index contributed by atoms with van der Waals surface area (Å²) < 4.78 is 0. The summed E-state index contributed by atoms with van der Waals surface area (Å²) in [7, 11) is 0. The number of hydrogen-bond acceptors (Lipinski definition) is 0. The van der Waals surface area contributed by atoms with Crippen LogP contribution >= 0.6 is 0 Å². The van der Waals surface area contributed by atoms with Gasteiger partial charge in [0.15, 0.2) is 0 Å². The fraction of sp³-hybridized carbons (Fsp3) is 0.167. The Morgan fingerprint density at radius 1 is 0.833 bits per heavy atom. The van der Waals surface area contributed by atoms with Crippen LogP contribution in [0.1, 0.15) is 11.1 Å². The first-order chi connectivity index (χ1) is 5.77. The Bertz CT molecular complexity index is 310. The monoisotopic (exact) mass is 156 g/mol. The average molecular weight is 156 g/mol. The molecule has 1 aliphatic carbocycles. The van der Waals surface area contributed by atoms with Gasteiger partial charge in [0.1, 0.15) is 0 Å². The van der Waals surface area contributed by atoms with E-state index < -0.39 is 0 Å². The molecule has 2 rings (SSSR count). The summed E-state index contributed by atoms with van der Waals surface area (Å²) in [6, 6.07) is 8.51. The molecule has 0 nitrogen and oxygen atoms in total. The zero-order chi connectivity index (χ0) is 8.55. The second-order valence-electron chi connectivity index (χ2n) is 3.33. The normalized spacial score (nSPS) is 16.0. The van der Waals surface area contributed by atoms with Gasteiger partial charge in [-0.1, -0.05) is 37.4 Å². The molecule has 0 heterocycles. The molecule has 0 aromatic heterocycles. The minimum atomic E-state index is 0.981. The summed E-state index contributed by atoms with van der Waals surface area (Å²) in [5, 5.41) is 0. The number of allylic oxidation sites excluding steroid dienone is 2. The molecule has 1 aromatic rings. The third-order valence-corrected chi connectivity index (χ3v) is 2.43. The van der Waals surface area contributed by atoms with Gasteiger partial charge in [0.2, 0.25) is 0 Å². The van der Waals surface area contributed by atoms with Crippen LogP contribution in [0.5, 0.6) is 0 Å². The quantitative estimate of drug-likeness (QED) is 0.541. The highest BCUT2D eigenvalue weighted by Gasteiger charge is 2.12. The molecular formula is C12H12. The summed E-state index contributed by atoms with van der Waals surface area (Å²) in [6.45, 7) is 7.99. The third-order valence-electron chi connectivity index (χ3n) is 2.43. The molecule has 1 aromatic carbocycles. The second kappa shape index (κ2) is 2.63. The van der Waals surface area contributed by atoms with Crippen LogP contribution in [0.15, 0.2) is 48.6 Å². The number of benzene rings is 1. The van der Waals surface area contributed by atoms with E-state index in [1.807, 2.05) is 0 Å². The van der Waals surface area contributed by atoms with E-state index in [1.165, 1.54) is 22.3 Å². The number of rotatable bonds is 0. The van der Waals surface area contributed by atoms with E-state index in [4.69, 9.17) is 0 Å². The molecule has 0 fully saturated rings. The van der Waals surface area contributed by atoms with E-state index >= 15 is 0 Å². The lowest BCUT2D eigenvalue weighted by Crippen LogP contribution is -2.06. The Kier molecular flexibility index (Phi) is 1.61.